The zero-order valence-corrected chi connectivity index (χ0v) is 16.7. The van der Waals surface area contributed by atoms with Crippen LogP contribution >= 0.6 is 11.3 Å². The quantitative estimate of drug-likeness (QED) is 0.461. The number of carbonyl (C=O) groups excluding carboxylic acids is 1. The molecule has 150 valence electrons. The minimum atomic E-state index is -0.541. The van der Waals surface area contributed by atoms with Gasteiger partial charge in [-0.2, -0.15) is 0 Å². The molecule has 5 rings (SSSR count). The van der Waals surface area contributed by atoms with Gasteiger partial charge in [-0.15, -0.1) is 11.3 Å². The number of H-pyrrole nitrogens is 1. The summed E-state index contributed by atoms with van der Waals surface area (Å²) in [7, 11) is 2.92. The number of rotatable bonds is 5. The molecule has 0 saturated heterocycles. The first kappa shape index (κ1) is 19.1. The van der Waals surface area contributed by atoms with E-state index in [1.54, 1.807) is 23.8 Å². The number of pyridine rings is 1. The number of amides is 1. The lowest BCUT2D eigenvalue weighted by Gasteiger charge is -2.14. The van der Waals surface area contributed by atoms with Crippen LogP contribution in [0, 0.1) is 5.82 Å². The Kier molecular flexibility index (Phi) is 5.30. The lowest BCUT2D eigenvalue weighted by molar-refractivity contribution is -0.105. The monoisotopic (exact) mass is 414 g/mol. The molecule has 0 radical (unpaired) electrons. The number of nitrogens with zero attached hydrogens (tertiary/aromatic N) is 2. The number of aromatic nitrogens is 3. The number of halogens is 1. The molecule has 2 N–H and O–H groups in total. The van der Waals surface area contributed by atoms with E-state index >= 15 is 0 Å². The van der Waals surface area contributed by atoms with Crippen molar-refractivity contribution in [2.24, 2.45) is 0 Å². The first-order valence-electron chi connectivity index (χ1n) is 9.04. The second-order valence-electron chi connectivity index (χ2n) is 6.40. The standard InChI is InChI=1S/C17H13FN4O3S.C3H6/c1-24-14-11(15(25-2)16-13(12(14)18)21-7-26-16)9-5-19-17-8(9)3-4-10(22-17)20-6-23;1-2-3-1/h3-7H,1-2H3,(H2,19,20,22,23);1-3H2. The second kappa shape index (κ2) is 8.04. The summed E-state index contributed by atoms with van der Waals surface area (Å²) >= 11 is 1.29. The Labute approximate surface area is 169 Å². The van der Waals surface area contributed by atoms with Gasteiger partial charge in [0.1, 0.15) is 27.4 Å². The molecule has 1 aliphatic carbocycles. The fourth-order valence-corrected chi connectivity index (χ4v) is 3.79. The fourth-order valence-electron chi connectivity index (χ4n) is 2.98. The van der Waals surface area contributed by atoms with Crippen LogP contribution < -0.4 is 14.8 Å². The predicted octanol–water partition coefficient (Wildman–Crippen LogP) is 4.73. The van der Waals surface area contributed by atoms with Crippen LogP contribution in [-0.2, 0) is 4.79 Å². The number of fused-ring (bicyclic) bond motifs is 2. The van der Waals surface area contributed by atoms with Gasteiger partial charge in [0.15, 0.2) is 11.6 Å². The third-order valence-electron chi connectivity index (χ3n) is 4.41. The van der Waals surface area contributed by atoms with Crippen LogP contribution in [0.15, 0.2) is 23.8 Å². The van der Waals surface area contributed by atoms with Crippen molar-refractivity contribution in [1.29, 1.82) is 0 Å². The van der Waals surface area contributed by atoms with Crippen LogP contribution in [0.5, 0.6) is 11.5 Å². The molecule has 0 bridgehead atoms. The van der Waals surface area contributed by atoms with Crippen LogP contribution in [0.3, 0.4) is 0 Å². The zero-order valence-electron chi connectivity index (χ0n) is 15.9. The summed E-state index contributed by atoms with van der Waals surface area (Å²) in [5, 5.41) is 3.23. The molecule has 0 spiro atoms. The van der Waals surface area contributed by atoms with Crippen molar-refractivity contribution in [2.75, 3.05) is 19.5 Å². The molecular formula is C20H19FN4O3S. The maximum Gasteiger partial charge on any atom is 0.212 e. The Bertz CT molecular complexity index is 1180. The van der Waals surface area contributed by atoms with E-state index in [1.165, 1.54) is 44.8 Å². The molecule has 0 unspecified atom stereocenters. The number of ether oxygens (including phenoxy) is 2. The minimum absolute atomic E-state index is 0.0521. The topological polar surface area (TPSA) is 89.1 Å². The van der Waals surface area contributed by atoms with Gasteiger partial charge in [-0.05, 0) is 12.1 Å². The van der Waals surface area contributed by atoms with Gasteiger partial charge >= 0.3 is 0 Å². The number of nitrogens with one attached hydrogen (secondary N) is 2. The summed E-state index contributed by atoms with van der Waals surface area (Å²) in [5.74, 6) is 0.401. The predicted molar refractivity (Wildman–Crippen MR) is 111 cm³/mol. The number of carbonyl (C=O) groups is 1. The normalized spacial score (nSPS) is 12.4. The summed E-state index contributed by atoms with van der Waals surface area (Å²) in [6.07, 6.45) is 6.76. The first-order chi connectivity index (χ1) is 14.2. The number of thiazole rings is 1. The van der Waals surface area contributed by atoms with Crippen molar-refractivity contribution in [2.45, 2.75) is 19.3 Å². The molecule has 29 heavy (non-hydrogen) atoms. The summed E-state index contributed by atoms with van der Waals surface area (Å²) in [5.41, 5.74) is 3.47. The molecule has 0 aliphatic heterocycles. The van der Waals surface area contributed by atoms with E-state index in [2.05, 4.69) is 20.3 Å². The van der Waals surface area contributed by atoms with Gasteiger partial charge in [0.05, 0.1) is 25.3 Å². The fraction of sp³-hybridized carbons (Fsp3) is 0.250. The van der Waals surface area contributed by atoms with Crippen molar-refractivity contribution >= 4 is 44.8 Å². The van der Waals surface area contributed by atoms with Gasteiger partial charge < -0.3 is 19.8 Å². The number of methoxy groups -OCH3 is 2. The number of hydrogen-bond acceptors (Lipinski definition) is 6. The molecule has 1 saturated carbocycles. The number of hydrogen-bond donors (Lipinski definition) is 2. The summed E-state index contributed by atoms with van der Waals surface area (Å²) in [6, 6.07) is 3.45. The highest BCUT2D eigenvalue weighted by atomic mass is 32.1. The minimum Gasteiger partial charge on any atom is -0.494 e. The lowest BCUT2D eigenvalue weighted by atomic mass is 10.0. The van der Waals surface area contributed by atoms with Gasteiger partial charge in [-0.3, -0.25) is 4.79 Å². The van der Waals surface area contributed by atoms with E-state index < -0.39 is 5.82 Å². The van der Waals surface area contributed by atoms with E-state index in [0.29, 0.717) is 39.5 Å². The summed E-state index contributed by atoms with van der Waals surface area (Å²) in [6.45, 7) is 0. The van der Waals surface area contributed by atoms with Crippen molar-refractivity contribution in [3.8, 4) is 22.6 Å². The number of benzene rings is 1. The van der Waals surface area contributed by atoms with Gasteiger partial charge in [0.2, 0.25) is 6.41 Å². The summed E-state index contributed by atoms with van der Waals surface area (Å²) < 4.78 is 26.5. The van der Waals surface area contributed by atoms with Crippen LogP contribution in [0.25, 0.3) is 32.4 Å². The molecule has 1 aliphatic rings. The van der Waals surface area contributed by atoms with Crippen molar-refractivity contribution in [1.82, 2.24) is 15.0 Å². The van der Waals surface area contributed by atoms with Crippen LogP contribution in [-0.4, -0.2) is 35.6 Å². The van der Waals surface area contributed by atoms with E-state index in [4.69, 9.17) is 9.47 Å². The van der Waals surface area contributed by atoms with Gasteiger partial charge in [0.25, 0.3) is 0 Å². The summed E-state index contributed by atoms with van der Waals surface area (Å²) in [4.78, 5) is 22.0. The average molecular weight is 414 g/mol. The molecule has 0 atom stereocenters. The molecule has 7 nitrogen and oxygen atoms in total. The Morgan fingerprint density at radius 3 is 2.62 bits per heavy atom. The van der Waals surface area contributed by atoms with E-state index in [0.717, 1.165) is 5.39 Å². The number of aromatic amines is 1. The second-order valence-corrected chi connectivity index (χ2v) is 7.26. The van der Waals surface area contributed by atoms with Crippen molar-refractivity contribution in [3.63, 3.8) is 0 Å². The SMILES string of the molecule is C1CC1.COc1c(-c2c[nH]c3nc(NC=O)ccc23)c(OC)c2scnc2c1F. The highest BCUT2D eigenvalue weighted by Gasteiger charge is 2.26. The van der Waals surface area contributed by atoms with Crippen LogP contribution in [0.1, 0.15) is 19.3 Å². The highest BCUT2D eigenvalue weighted by molar-refractivity contribution is 7.17. The number of anilines is 1. The van der Waals surface area contributed by atoms with Crippen molar-refractivity contribution in [3.05, 3.63) is 29.7 Å². The van der Waals surface area contributed by atoms with Gasteiger partial charge in [-0.1, -0.05) is 19.3 Å². The Balaban J connectivity index is 0.000000626. The Morgan fingerprint density at radius 1 is 1.21 bits per heavy atom. The zero-order chi connectivity index (χ0) is 20.4. The van der Waals surface area contributed by atoms with Crippen LogP contribution in [0.4, 0.5) is 10.2 Å². The van der Waals surface area contributed by atoms with Gasteiger partial charge in [0, 0.05) is 17.1 Å². The van der Waals surface area contributed by atoms with Crippen LogP contribution in [0.2, 0.25) is 0 Å². The highest BCUT2D eigenvalue weighted by Crippen LogP contribution is 2.48. The van der Waals surface area contributed by atoms with Crippen molar-refractivity contribution < 1.29 is 18.7 Å². The molecule has 3 heterocycles. The molecular weight excluding hydrogens is 395 g/mol. The third-order valence-corrected chi connectivity index (χ3v) is 5.24. The molecule has 3 aromatic heterocycles. The maximum absolute atomic E-state index is 14.9. The third kappa shape index (κ3) is 3.49. The maximum atomic E-state index is 14.9. The van der Waals surface area contributed by atoms with E-state index in [9.17, 15) is 9.18 Å². The molecule has 9 heteroatoms. The molecule has 1 fully saturated rings. The molecule has 1 aromatic carbocycles. The van der Waals surface area contributed by atoms with E-state index in [-0.39, 0.29) is 11.3 Å². The average Bonchev–Trinajstić information content (AvgIpc) is 3.43. The lowest BCUT2D eigenvalue weighted by Crippen LogP contribution is -1.98. The van der Waals surface area contributed by atoms with Gasteiger partial charge in [-0.25, -0.2) is 14.4 Å². The molecule has 4 aromatic rings. The smallest absolute Gasteiger partial charge is 0.212 e. The molecule has 1 amide bonds. The Morgan fingerprint density at radius 2 is 1.97 bits per heavy atom. The Hall–Kier alpha value is -3.20. The largest absolute Gasteiger partial charge is 0.494 e. The van der Waals surface area contributed by atoms with E-state index in [1.807, 2.05) is 0 Å². The first-order valence-corrected chi connectivity index (χ1v) is 9.92.